The van der Waals surface area contributed by atoms with Gasteiger partial charge in [0.25, 0.3) is 0 Å². The number of benzene rings is 6. The first-order valence-corrected chi connectivity index (χ1v) is 19.4. The molecule has 2 nitrogen and oxygen atoms in total. The average Bonchev–Trinajstić information content (AvgIpc) is 3.74. The van der Waals surface area contributed by atoms with E-state index in [4.69, 9.17) is 0 Å². The zero-order valence-corrected chi connectivity index (χ0v) is 32.3. The molecule has 0 saturated heterocycles. The van der Waals surface area contributed by atoms with Crippen LogP contribution < -0.4 is 9.80 Å². The standard InChI is InChI=1S/C52H48N2/c1-35-42-31-27-36-17-13-15-23-43(36)48(42)51(2,3)45(35)32-28-38-25-26-39(50(38)54(40-19-9-7-10-20-40)41-21-11-8-12-22-41)30-34-47-52(4,5)49-44-24-16-14-18-37(44)29-33-46(49)53(47)6/h7-24,27-34H,25-26H2,1-6H3. The third-order valence-corrected chi connectivity index (χ3v) is 12.3. The van der Waals surface area contributed by atoms with Crippen molar-refractivity contribution in [2.75, 3.05) is 16.8 Å². The summed E-state index contributed by atoms with van der Waals surface area (Å²) in [6.45, 7) is 11.9. The van der Waals surface area contributed by atoms with Crippen molar-refractivity contribution in [1.82, 2.24) is 0 Å². The molecule has 1 heterocycles. The summed E-state index contributed by atoms with van der Waals surface area (Å²) < 4.78 is 0. The Balaban J connectivity index is 1.19. The molecule has 6 aromatic carbocycles. The Morgan fingerprint density at radius 2 is 1.15 bits per heavy atom. The highest BCUT2D eigenvalue weighted by molar-refractivity contribution is 5.97. The molecule has 0 bridgehead atoms. The van der Waals surface area contributed by atoms with Gasteiger partial charge in [0.1, 0.15) is 0 Å². The summed E-state index contributed by atoms with van der Waals surface area (Å²) in [5, 5.41) is 5.30. The number of rotatable bonds is 6. The monoisotopic (exact) mass is 700 g/mol. The van der Waals surface area contributed by atoms with E-state index in [9.17, 15) is 0 Å². The van der Waals surface area contributed by atoms with Crippen LogP contribution in [-0.4, -0.2) is 7.05 Å². The highest BCUT2D eigenvalue weighted by Crippen LogP contribution is 2.52. The number of anilines is 3. The molecule has 9 rings (SSSR count). The summed E-state index contributed by atoms with van der Waals surface area (Å²) in [6, 6.07) is 48.6. The van der Waals surface area contributed by atoms with Crippen LogP contribution in [0.4, 0.5) is 17.1 Å². The molecule has 0 saturated carbocycles. The molecule has 3 aliphatic rings. The Labute approximate surface area is 320 Å². The van der Waals surface area contributed by atoms with Gasteiger partial charge in [-0.1, -0.05) is 149 Å². The van der Waals surface area contributed by atoms with Gasteiger partial charge in [0, 0.05) is 40.6 Å². The third-order valence-electron chi connectivity index (χ3n) is 12.3. The van der Waals surface area contributed by atoms with E-state index in [0.717, 1.165) is 24.2 Å². The number of fused-ring (bicyclic) bond motifs is 6. The Morgan fingerprint density at radius 3 is 1.80 bits per heavy atom. The van der Waals surface area contributed by atoms with E-state index in [2.05, 4.69) is 209 Å². The van der Waals surface area contributed by atoms with Crippen molar-refractivity contribution in [1.29, 1.82) is 0 Å². The highest BCUT2D eigenvalue weighted by atomic mass is 15.2. The minimum Gasteiger partial charge on any atom is -0.347 e. The molecular formula is C52H48N2. The summed E-state index contributed by atoms with van der Waals surface area (Å²) in [5.41, 5.74) is 15.7. The van der Waals surface area contributed by atoms with Crippen LogP contribution in [0.25, 0.3) is 27.1 Å². The lowest BCUT2D eigenvalue weighted by molar-refractivity contribution is 0.645. The zero-order valence-electron chi connectivity index (χ0n) is 32.3. The molecule has 266 valence electrons. The van der Waals surface area contributed by atoms with Gasteiger partial charge in [-0.15, -0.1) is 0 Å². The second-order valence-electron chi connectivity index (χ2n) is 16.2. The Kier molecular flexibility index (Phi) is 8.12. The van der Waals surface area contributed by atoms with Gasteiger partial charge < -0.3 is 9.80 Å². The summed E-state index contributed by atoms with van der Waals surface area (Å²) in [6.07, 6.45) is 11.6. The average molecular weight is 701 g/mol. The zero-order chi connectivity index (χ0) is 37.2. The van der Waals surface area contributed by atoms with Crippen LogP contribution in [0, 0.1) is 0 Å². The first kappa shape index (κ1) is 33.9. The van der Waals surface area contributed by atoms with E-state index < -0.39 is 0 Å². The minimum atomic E-state index is -0.150. The van der Waals surface area contributed by atoms with Crippen LogP contribution >= 0.6 is 0 Å². The van der Waals surface area contributed by atoms with Crippen molar-refractivity contribution in [2.45, 2.75) is 58.3 Å². The van der Waals surface area contributed by atoms with E-state index in [-0.39, 0.29) is 10.8 Å². The van der Waals surface area contributed by atoms with Gasteiger partial charge in [-0.05, 0) is 117 Å². The second kappa shape index (κ2) is 12.9. The first-order valence-electron chi connectivity index (χ1n) is 19.4. The molecule has 0 spiro atoms. The van der Waals surface area contributed by atoms with Gasteiger partial charge in [0.15, 0.2) is 0 Å². The normalized spacial score (nSPS) is 18.9. The SMILES string of the molecule is CC1=C(C=CC2=C(N(c3ccccc3)c3ccccc3)C(=CC=C3N(C)c4ccc5ccccc5c4C3(C)C)CC2)C(C)(C)c2c1ccc1ccccc21. The maximum Gasteiger partial charge on any atom is 0.0525 e. The lowest BCUT2D eigenvalue weighted by Crippen LogP contribution is -2.23. The first-order chi connectivity index (χ1) is 26.2. The van der Waals surface area contributed by atoms with Crippen molar-refractivity contribution in [3.8, 4) is 0 Å². The third kappa shape index (κ3) is 5.30. The van der Waals surface area contributed by atoms with Crippen LogP contribution in [0.2, 0.25) is 0 Å². The number of nitrogens with zero attached hydrogens (tertiary/aromatic N) is 2. The number of likely N-dealkylation sites (N-methyl/N-ethyl adjacent to an activating group) is 1. The summed E-state index contributed by atoms with van der Waals surface area (Å²) >= 11 is 0. The van der Waals surface area contributed by atoms with E-state index >= 15 is 0 Å². The molecule has 1 aliphatic heterocycles. The molecule has 6 aromatic rings. The van der Waals surface area contributed by atoms with Crippen LogP contribution in [0.5, 0.6) is 0 Å². The van der Waals surface area contributed by atoms with Crippen LogP contribution in [0.15, 0.2) is 186 Å². The fourth-order valence-electron chi connectivity index (χ4n) is 9.78. The van der Waals surface area contributed by atoms with E-state index in [1.807, 2.05) is 0 Å². The number of para-hydroxylation sites is 2. The molecule has 54 heavy (non-hydrogen) atoms. The van der Waals surface area contributed by atoms with E-state index in [1.165, 1.54) is 77.6 Å². The van der Waals surface area contributed by atoms with Crippen molar-refractivity contribution in [3.05, 3.63) is 203 Å². The van der Waals surface area contributed by atoms with Gasteiger partial charge in [0.2, 0.25) is 0 Å². The Morgan fingerprint density at radius 1 is 0.574 bits per heavy atom. The lowest BCUT2D eigenvalue weighted by atomic mass is 9.78. The number of allylic oxidation sites excluding steroid dienone is 9. The highest BCUT2D eigenvalue weighted by Gasteiger charge is 2.40. The minimum absolute atomic E-state index is 0.116. The molecule has 0 radical (unpaired) electrons. The summed E-state index contributed by atoms with van der Waals surface area (Å²) in [7, 11) is 2.23. The van der Waals surface area contributed by atoms with Crippen molar-refractivity contribution in [2.24, 2.45) is 0 Å². The Bertz CT molecular complexity index is 2570. The van der Waals surface area contributed by atoms with Crippen molar-refractivity contribution < 1.29 is 0 Å². The molecule has 2 heteroatoms. The fraction of sp³-hybridized carbons (Fsp3) is 0.192. The van der Waals surface area contributed by atoms with E-state index in [1.54, 1.807) is 0 Å². The molecule has 2 aliphatic carbocycles. The van der Waals surface area contributed by atoms with Gasteiger partial charge in [-0.2, -0.15) is 0 Å². The lowest BCUT2D eigenvalue weighted by Gasteiger charge is -2.29. The Hall–Kier alpha value is -5.86. The van der Waals surface area contributed by atoms with E-state index in [0.29, 0.717) is 0 Å². The molecule has 0 aromatic heterocycles. The predicted octanol–water partition coefficient (Wildman–Crippen LogP) is 13.7. The molecule has 0 unspecified atom stereocenters. The maximum atomic E-state index is 2.48. The smallest absolute Gasteiger partial charge is 0.0525 e. The molecule has 0 atom stereocenters. The van der Waals surface area contributed by atoms with Crippen LogP contribution in [0.3, 0.4) is 0 Å². The second-order valence-corrected chi connectivity index (χ2v) is 16.2. The van der Waals surface area contributed by atoms with Crippen molar-refractivity contribution >= 4 is 44.2 Å². The largest absolute Gasteiger partial charge is 0.347 e. The molecular weight excluding hydrogens is 653 g/mol. The molecule has 0 N–H and O–H groups in total. The fourth-order valence-corrected chi connectivity index (χ4v) is 9.78. The summed E-state index contributed by atoms with van der Waals surface area (Å²) in [4.78, 5) is 4.88. The van der Waals surface area contributed by atoms with Crippen LogP contribution in [-0.2, 0) is 10.8 Å². The maximum absolute atomic E-state index is 2.48. The quantitative estimate of drug-likeness (QED) is 0.171. The van der Waals surface area contributed by atoms with Gasteiger partial charge in [-0.25, -0.2) is 0 Å². The number of hydrogen-bond acceptors (Lipinski definition) is 2. The topological polar surface area (TPSA) is 6.48 Å². The summed E-state index contributed by atoms with van der Waals surface area (Å²) in [5.74, 6) is 0. The van der Waals surface area contributed by atoms with Gasteiger partial charge in [0.05, 0.1) is 5.70 Å². The predicted molar refractivity (Wildman–Crippen MR) is 232 cm³/mol. The molecule has 0 fully saturated rings. The van der Waals surface area contributed by atoms with Gasteiger partial charge >= 0.3 is 0 Å². The van der Waals surface area contributed by atoms with Crippen LogP contribution in [0.1, 0.15) is 64.2 Å². The molecule has 0 amide bonds. The number of hydrogen-bond donors (Lipinski definition) is 0. The van der Waals surface area contributed by atoms with Gasteiger partial charge in [-0.3, -0.25) is 0 Å². The van der Waals surface area contributed by atoms with Crippen molar-refractivity contribution in [3.63, 3.8) is 0 Å².